The first-order valence-electron chi connectivity index (χ1n) is 9.24. The Morgan fingerprint density at radius 1 is 0.909 bits per heavy atom. The molecule has 0 saturated carbocycles. The Morgan fingerprint density at radius 2 is 1.48 bits per heavy atom. The van der Waals surface area contributed by atoms with E-state index >= 15 is 0 Å². The summed E-state index contributed by atoms with van der Waals surface area (Å²) in [5, 5.41) is 0. The Morgan fingerprint density at radius 3 is 1.97 bits per heavy atom. The van der Waals surface area contributed by atoms with Crippen molar-refractivity contribution in [1.82, 2.24) is 0 Å². The van der Waals surface area contributed by atoms with E-state index in [-0.39, 0.29) is 12.3 Å². The van der Waals surface area contributed by atoms with Gasteiger partial charge in [0.05, 0.1) is 26.0 Å². The van der Waals surface area contributed by atoms with Gasteiger partial charge in [-0.05, 0) is 31.0 Å². The molecule has 18 heteroatoms. The van der Waals surface area contributed by atoms with Crippen LogP contribution in [0.2, 0.25) is 0 Å². The van der Waals surface area contributed by atoms with Crippen LogP contribution in [0.3, 0.4) is 0 Å². The molecular weight excluding hydrogens is 511 g/mol. The number of hydrogen-bond acceptors (Lipinski definition) is 9. The fourth-order valence-electron chi connectivity index (χ4n) is 3.43. The third kappa shape index (κ3) is 8.59. The largest absolute Gasteiger partial charge is 0.493 e. The lowest BCUT2D eigenvalue weighted by molar-refractivity contribution is -0.0426. The van der Waals surface area contributed by atoms with Crippen LogP contribution < -0.4 is 14.4 Å². The summed E-state index contributed by atoms with van der Waals surface area (Å²) in [5.41, 5.74) is 1.29. The second-order valence-electron chi connectivity index (χ2n) is 7.04. The first-order chi connectivity index (χ1) is 15.0. The lowest BCUT2D eigenvalue weighted by Gasteiger charge is -2.37. The summed E-state index contributed by atoms with van der Waals surface area (Å²) < 4.78 is 58.9. The Kier molecular flexibility index (Phi) is 9.14. The van der Waals surface area contributed by atoms with E-state index in [1.807, 2.05) is 0 Å². The molecule has 1 aliphatic rings. The molecule has 0 amide bonds. The summed E-state index contributed by atoms with van der Waals surface area (Å²) in [6.45, 7) is 0.836. The molecule has 0 aromatic heterocycles. The van der Waals surface area contributed by atoms with Crippen LogP contribution in [-0.2, 0) is 33.7 Å². The summed E-state index contributed by atoms with van der Waals surface area (Å²) in [5.74, 6) is 0.659. The number of hydrogen-bond donors (Lipinski definition) is 6. The normalized spacial score (nSPS) is 17.4. The average molecular weight is 537 g/mol. The van der Waals surface area contributed by atoms with Crippen LogP contribution in [0.4, 0.5) is 5.69 Å². The molecule has 0 spiro atoms. The van der Waals surface area contributed by atoms with Crippen molar-refractivity contribution >= 4 is 29.2 Å². The SMILES string of the molecule is COc1cc2cc(c1OC)N(C[C@@H](OP(=O)(O)O)[C@H](OP(=O)(O)O)[C@@H](C)OP(=O)(O)O)CC2. The van der Waals surface area contributed by atoms with Crippen LogP contribution in [0.25, 0.3) is 0 Å². The summed E-state index contributed by atoms with van der Waals surface area (Å²) in [7, 11) is -13.0. The number of anilines is 1. The molecule has 1 aromatic carbocycles. The van der Waals surface area contributed by atoms with Gasteiger partial charge >= 0.3 is 23.5 Å². The van der Waals surface area contributed by atoms with Crippen LogP contribution in [0.1, 0.15) is 12.5 Å². The van der Waals surface area contributed by atoms with Gasteiger partial charge in [-0.25, -0.2) is 13.7 Å². The topological polar surface area (TPSA) is 222 Å². The molecule has 0 saturated heterocycles. The number of benzene rings is 1. The molecule has 3 atom stereocenters. The Hall–Kier alpha value is -1.05. The molecule has 1 aromatic rings. The molecule has 1 aliphatic heterocycles. The van der Waals surface area contributed by atoms with E-state index in [9.17, 15) is 33.3 Å². The van der Waals surface area contributed by atoms with Crippen molar-refractivity contribution < 1.29 is 66.1 Å². The lowest BCUT2D eigenvalue weighted by Crippen LogP contribution is -2.47. The van der Waals surface area contributed by atoms with Gasteiger partial charge in [-0.1, -0.05) is 0 Å². The molecule has 33 heavy (non-hydrogen) atoms. The van der Waals surface area contributed by atoms with Gasteiger partial charge in [0.1, 0.15) is 12.2 Å². The maximum absolute atomic E-state index is 11.6. The Bertz CT molecular complexity index is 971. The standard InChI is InChI=1S/C15H26NO14P3/c1-9(28-31(17,18)19)14(30-33(23,24)25)13(29-32(20,21)22)8-16-5-4-10-6-11(16)15(27-3)12(7-10)26-2/h6-7,9,13-14H,4-5,8H2,1-3H3,(H2,17,18,19)(H2,20,21,22)(H2,23,24,25)/t9-,13-,14-/m1/s1. The zero-order chi connectivity index (χ0) is 25.2. The maximum atomic E-state index is 11.6. The number of fused-ring (bicyclic) bond motifs is 2. The van der Waals surface area contributed by atoms with Crippen molar-refractivity contribution in [3.63, 3.8) is 0 Å². The minimum atomic E-state index is -5.33. The van der Waals surface area contributed by atoms with E-state index in [2.05, 4.69) is 9.05 Å². The minimum Gasteiger partial charge on any atom is -0.493 e. The molecule has 2 bridgehead atoms. The van der Waals surface area contributed by atoms with Crippen molar-refractivity contribution in [2.45, 2.75) is 31.7 Å². The molecule has 0 fully saturated rings. The summed E-state index contributed by atoms with van der Waals surface area (Å²) >= 11 is 0. The zero-order valence-corrected chi connectivity index (χ0v) is 20.4. The Balaban J connectivity index is 2.48. The van der Waals surface area contributed by atoms with Crippen LogP contribution in [0.5, 0.6) is 11.5 Å². The van der Waals surface area contributed by atoms with Crippen molar-refractivity contribution in [3.05, 3.63) is 17.7 Å². The second-order valence-corrected chi connectivity index (χ2v) is 10.6. The van der Waals surface area contributed by atoms with Crippen LogP contribution in [0.15, 0.2) is 12.1 Å². The van der Waals surface area contributed by atoms with Crippen molar-refractivity contribution in [2.75, 3.05) is 32.2 Å². The molecule has 190 valence electrons. The molecule has 15 nitrogen and oxygen atoms in total. The summed E-state index contributed by atoms with van der Waals surface area (Å²) in [6.07, 6.45) is -5.13. The molecule has 1 heterocycles. The summed E-state index contributed by atoms with van der Waals surface area (Å²) in [4.78, 5) is 57.1. The van der Waals surface area contributed by atoms with Gasteiger partial charge in [0, 0.05) is 13.1 Å². The maximum Gasteiger partial charge on any atom is 0.470 e. The number of rotatable bonds is 12. The van der Waals surface area contributed by atoms with Gasteiger partial charge < -0.3 is 43.7 Å². The predicted octanol–water partition coefficient (Wildman–Crippen LogP) is 0.520. The molecule has 2 rings (SSSR count). The fourth-order valence-corrected chi connectivity index (χ4v) is 5.15. The smallest absolute Gasteiger partial charge is 0.470 e. The quantitative estimate of drug-likeness (QED) is 0.200. The third-order valence-corrected chi connectivity index (χ3v) is 6.27. The monoisotopic (exact) mass is 537 g/mol. The number of nitrogens with zero attached hydrogens (tertiary/aromatic N) is 1. The van der Waals surface area contributed by atoms with Gasteiger partial charge in [-0.2, -0.15) is 0 Å². The highest BCUT2D eigenvalue weighted by Crippen LogP contribution is 2.48. The Labute approximate surface area is 188 Å². The number of methoxy groups -OCH3 is 2. The highest BCUT2D eigenvalue weighted by molar-refractivity contribution is 7.47. The van der Waals surface area contributed by atoms with E-state index in [4.69, 9.17) is 23.8 Å². The average Bonchev–Trinajstić information content (AvgIpc) is 2.64. The van der Waals surface area contributed by atoms with E-state index in [0.29, 0.717) is 17.9 Å². The predicted molar refractivity (Wildman–Crippen MR) is 112 cm³/mol. The number of phosphoric acid groups is 3. The van der Waals surface area contributed by atoms with E-state index in [0.717, 1.165) is 12.5 Å². The van der Waals surface area contributed by atoms with Crippen LogP contribution in [0, 0.1) is 0 Å². The third-order valence-electron chi connectivity index (χ3n) is 4.59. The van der Waals surface area contributed by atoms with Crippen LogP contribution in [-0.4, -0.2) is 75.0 Å². The highest BCUT2D eigenvalue weighted by atomic mass is 31.2. The zero-order valence-electron chi connectivity index (χ0n) is 17.7. The molecule has 0 unspecified atom stereocenters. The number of ether oxygens (including phenoxy) is 2. The minimum absolute atomic E-state index is 0.277. The van der Waals surface area contributed by atoms with Gasteiger partial charge in [0.25, 0.3) is 0 Å². The molecule has 0 radical (unpaired) electrons. The van der Waals surface area contributed by atoms with Gasteiger partial charge in [-0.15, -0.1) is 0 Å². The van der Waals surface area contributed by atoms with Gasteiger partial charge in [0.2, 0.25) is 0 Å². The number of phosphoric ester groups is 3. The van der Waals surface area contributed by atoms with E-state index in [1.165, 1.54) is 19.1 Å². The first kappa shape index (κ1) is 28.2. The highest BCUT2D eigenvalue weighted by Gasteiger charge is 2.42. The second kappa shape index (κ2) is 10.7. The molecule has 6 N–H and O–H groups in total. The van der Waals surface area contributed by atoms with Crippen LogP contribution >= 0.6 is 23.5 Å². The van der Waals surface area contributed by atoms with Gasteiger partial charge in [-0.3, -0.25) is 13.6 Å². The lowest BCUT2D eigenvalue weighted by atomic mass is 10.0. The molecule has 0 aliphatic carbocycles. The van der Waals surface area contributed by atoms with Gasteiger partial charge in [0.15, 0.2) is 11.5 Å². The molecular formula is C15H26NO14P3. The fraction of sp³-hybridized carbons (Fsp3) is 0.600. The van der Waals surface area contributed by atoms with Crippen molar-refractivity contribution in [2.24, 2.45) is 0 Å². The first-order valence-corrected chi connectivity index (χ1v) is 13.8. The van der Waals surface area contributed by atoms with Crippen molar-refractivity contribution in [1.29, 1.82) is 0 Å². The van der Waals surface area contributed by atoms with E-state index < -0.39 is 48.3 Å². The van der Waals surface area contributed by atoms with E-state index in [1.54, 1.807) is 12.1 Å². The van der Waals surface area contributed by atoms with Crippen molar-refractivity contribution in [3.8, 4) is 11.5 Å². The summed E-state index contributed by atoms with van der Waals surface area (Å²) in [6, 6.07) is 3.47.